The topological polar surface area (TPSA) is 72.5 Å². The van der Waals surface area contributed by atoms with E-state index in [-0.39, 0.29) is 18.1 Å². The zero-order valence-corrected chi connectivity index (χ0v) is 19.4. The highest BCUT2D eigenvalue weighted by Crippen LogP contribution is 2.41. The van der Waals surface area contributed by atoms with E-state index in [1.807, 2.05) is 30.3 Å². The molecule has 8 heteroatoms. The molecule has 0 spiro atoms. The third-order valence-electron chi connectivity index (χ3n) is 6.03. The zero-order chi connectivity index (χ0) is 22.7. The van der Waals surface area contributed by atoms with Crippen molar-refractivity contribution in [2.75, 3.05) is 13.7 Å². The molecule has 4 rings (SSSR count). The first kappa shape index (κ1) is 22.1. The predicted molar refractivity (Wildman–Crippen MR) is 125 cm³/mol. The highest BCUT2D eigenvalue weighted by Gasteiger charge is 2.41. The molecule has 2 unspecified atom stereocenters. The van der Waals surface area contributed by atoms with Gasteiger partial charge in [-0.15, -0.1) is 0 Å². The van der Waals surface area contributed by atoms with E-state index >= 15 is 0 Å². The second-order valence-corrected chi connectivity index (χ2v) is 8.38. The van der Waals surface area contributed by atoms with Crippen LogP contribution in [0.4, 0.5) is 0 Å². The van der Waals surface area contributed by atoms with Crippen molar-refractivity contribution in [2.24, 2.45) is 0 Å². The number of nitrogens with one attached hydrogen (secondary N) is 1. The molecular weight excluding hydrogens is 424 g/mol. The van der Waals surface area contributed by atoms with Crippen molar-refractivity contribution in [1.82, 2.24) is 19.8 Å². The van der Waals surface area contributed by atoms with Crippen LogP contribution < -0.4 is 5.32 Å². The molecule has 0 radical (unpaired) electrons. The monoisotopic (exact) mass is 452 g/mol. The van der Waals surface area contributed by atoms with E-state index < -0.39 is 0 Å². The molecule has 1 fully saturated rings. The number of aromatic nitrogens is 2. The lowest BCUT2D eigenvalue weighted by Crippen LogP contribution is -2.31. The fourth-order valence-corrected chi connectivity index (χ4v) is 4.74. The summed E-state index contributed by atoms with van der Waals surface area (Å²) in [5.41, 5.74) is 4.44. The van der Waals surface area contributed by atoms with Crippen LogP contribution >= 0.6 is 12.2 Å². The molecule has 0 aromatic carbocycles. The number of hydrogen-bond acceptors (Lipinski definition) is 5. The molecule has 1 N–H and O–H groups in total. The number of carbonyl (C=O) groups excluding carboxylic acids is 1. The van der Waals surface area contributed by atoms with Gasteiger partial charge in [0.15, 0.2) is 5.11 Å². The van der Waals surface area contributed by atoms with Crippen LogP contribution in [0, 0.1) is 13.8 Å². The standard InChI is InChI=1S/C24H28N4O3S/c1-16-14-19(17(2)28(16)15-18-8-7-13-31-18)23-22(20-9-4-5-11-25-20)26-24(32)27(23)12-6-10-21(29)30-3/h4-5,7-9,11,13-14,22-23H,6,10,12,15H2,1-3H3,(H,26,32). The van der Waals surface area contributed by atoms with Crippen LogP contribution in [0.15, 0.2) is 53.3 Å². The van der Waals surface area contributed by atoms with Crippen LogP contribution in [-0.4, -0.2) is 39.2 Å². The zero-order valence-electron chi connectivity index (χ0n) is 18.6. The number of aryl methyl sites for hydroxylation is 1. The van der Waals surface area contributed by atoms with Crippen molar-refractivity contribution in [3.63, 3.8) is 0 Å². The summed E-state index contributed by atoms with van der Waals surface area (Å²) in [7, 11) is 1.41. The van der Waals surface area contributed by atoms with E-state index in [0.717, 1.165) is 22.8 Å². The second kappa shape index (κ2) is 9.56. The van der Waals surface area contributed by atoms with Crippen LogP contribution in [0.3, 0.4) is 0 Å². The maximum absolute atomic E-state index is 11.6. The number of nitrogens with zero attached hydrogens (tertiary/aromatic N) is 3. The average Bonchev–Trinajstić information content (AvgIpc) is 3.50. The van der Waals surface area contributed by atoms with E-state index in [1.165, 1.54) is 12.7 Å². The van der Waals surface area contributed by atoms with Crippen LogP contribution in [0.25, 0.3) is 0 Å². The number of rotatable bonds is 8. The average molecular weight is 453 g/mol. The van der Waals surface area contributed by atoms with Crippen LogP contribution in [0.1, 0.15) is 53.3 Å². The largest absolute Gasteiger partial charge is 0.469 e. The van der Waals surface area contributed by atoms with E-state index in [1.54, 1.807) is 12.5 Å². The number of thiocarbonyl (C=S) groups is 1. The molecular formula is C24H28N4O3S. The predicted octanol–water partition coefficient (Wildman–Crippen LogP) is 4.07. The lowest BCUT2D eigenvalue weighted by Gasteiger charge is -2.28. The van der Waals surface area contributed by atoms with Gasteiger partial charge in [0.2, 0.25) is 0 Å². The van der Waals surface area contributed by atoms with E-state index in [0.29, 0.717) is 31.0 Å². The van der Waals surface area contributed by atoms with Gasteiger partial charge in [-0.25, -0.2) is 0 Å². The maximum Gasteiger partial charge on any atom is 0.305 e. The second-order valence-electron chi connectivity index (χ2n) is 7.99. The number of furan rings is 1. The van der Waals surface area contributed by atoms with Gasteiger partial charge >= 0.3 is 5.97 Å². The van der Waals surface area contributed by atoms with Gasteiger partial charge in [0.05, 0.1) is 37.7 Å². The highest BCUT2D eigenvalue weighted by atomic mass is 32.1. The van der Waals surface area contributed by atoms with Crippen molar-refractivity contribution in [3.8, 4) is 0 Å². The normalized spacial score (nSPS) is 18.1. The van der Waals surface area contributed by atoms with E-state index in [9.17, 15) is 4.79 Å². The Bertz CT molecular complexity index is 1080. The highest BCUT2D eigenvalue weighted by molar-refractivity contribution is 7.80. The summed E-state index contributed by atoms with van der Waals surface area (Å²) in [5, 5.41) is 4.15. The fraction of sp³-hybridized carbons (Fsp3) is 0.375. The summed E-state index contributed by atoms with van der Waals surface area (Å²) in [4.78, 5) is 18.4. The molecule has 0 bridgehead atoms. The lowest BCUT2D eigenvalue weighted by molar-refractivity contribution is -0.140. The SMILES string of the molecule is COC(=O)CCCN1C(=S)NC(c2ccccn2)C1c1cc(C)n(Cc2ccco2)c1C. The molecule has 1 aliphatic rings. The Morgan fingerprint density at radius 3 is 2.81 bits per heavy atom. The Hall–Kier alpha value is -3.13. The van der Waals surface area contributed by atoms with Crippen molar-refractivity contribution in [2.45, 2.75) is 45.3 Å². The van der Waals surface area contributed by atoms with Gasteiger partial charge in [0.25, 0.3) is 0 Å². The molecule has 3 aromatic rings. The fourth-order valence-electron chi connectivity index (χ4n) is 4.41. The molecule has 168 valence electrons. The molecule has 1 saturated heterocycles. The minimum Gasteiger partial charge on any atom is -0.469 e. The van der Waals surface area contributed by atoms with Gasteiger partial charge in [-0.3, -0.25) is 9.78 Å². The quantitative estimate of drug-likeness (QED) is 0.408. The van der Waals surface area contributed by atoms with Crippen molar-refractivity contribution < 1.29 is 13.9 Å². The van der Waals surface area contributed by atoms with Crippen LogP contribution in [0.5, 0.6) is 0 Å². The van der Waals surface area contributed by atoms with E-state index in [4.69, 9.17) is 21.4 Å². The number of esters is 1. The number of ether oxygens (including phenoxy) is 1. The van der Waals surface area contributed by atoms with Gasteiger partial charge < -0.3 is 23.9 Å². The Kier molecular flexibility index (Phi) is 6.60. The Balaban J connectivity index is 1.68. The minimum atomic E-state index is -0.211. The van der Waals surface area contributed by atoms with Crippen molar-refractivity contribution >= 4 is 23.3 Å². The number of carbonyl (C=O) groups is 1. The minimum absolute atomic E-state index is 0.0356. The Labute approximate surface area is 193 Å². The summed E-state index contributed by atoms with van der Waals surface area (Å²) >= 11 is 5.73. The molecule has 0 aliphatic carbocycles. The Morgan fingerprint density at radius 2 is 2.12 bits per heavy atom. The van der Waals surface area contributed by atoms with E-state index in [2.05, 4.69) is 39.7 Å². The molecule has 4 heterocycles. The van der Waals surface area contributed by atoms with Gasteiger partial charge in [-0.2, -0.15) is 0 Å². The first-order valence-corrected chi connectivity index (χ1v) is 11.1. The Morgan fingerprint density at radius 1 is 1.28 bits per heavy atom. The van der Waals surface area contributed by atoms with Crippen LogP contribution in [-0.2, 0) is 16.1 Å². The van der Waals surface area contributed by atoms with Gasteiger partial charge in [0, 0.05) is 30.6 Å². The van der Waals surface area contributed by atoms with Crippen molar-refractivity contribution in [3.05, 3.63) is 77.3 Å². The van der Waals surface area contributed by atoms with Gasteiger partial charge in [-0.1, -0.05) is 6.07 Å². The number of pyridine rings is 1. The first-order valence-electron chi connectivity index (χ1n) is 10.7. The molecule has 2 atom stereocenters. The van der Waals surface area contributed by atoms with Gasteiger partial charge in [0.1, 0.15) is 5.76 Å². The smallest absolute Gasteiger partial charge is 0.305 e. The summed E-state index contributed by atoms with van der Waals surface area (Å²) in [6, 6.07) is 11.9. The first-order chi connectivity index (χ1) is 15.5. The van der Waals surface area contributed by atoms with Crippen molar-refractivity contribution in [1.29, 1.82) is 0 Å². The summed E-state index contributed by atoms with van der Waals surface area (Å²) in [6.07, 6.45) is 4.51. The lowest BCUT2D eigenvalue weighted by atomic mass is 9.96. The van der Waals surface area contributed by atoms with Gasteiger partial charge in [-0.05, 0) is 68.4 Å². The van der Waals surface area contributed by atoms with Crippen LogP contribution in [0.2, 0.25) is 0 Å². The summed E-state index contributed by atoms with van der Waals surface area (Å²) < 4.78 is 12.6. The molecule has 0 saturated carbocycles. The maximum atomic E-state index is 11.6. The molecule has 0 amide bonds. The number of methoxy groups -OCH3 is 1. The number of hydrogen-bond donors (Lipinski definition) is 1. The third-order valence-corrected chi connectivity index (χ3v) is 6.38. The molecule has 32 heavy (non-hydrogen) atoms. The summed E-state index contributed by atoms with van der Waals surface area (Å²) in [6.45, 7) is 5.56. The molecule has 3 aromatic heterocycles. The summed E-state index contributed by atoms with van der Waals surface area (Å²) in [5.74, 6) is 0.701. The molecule has 7 nitrogen and oxygen atoms in total. The third kappa shape index (κ3) is 4.41. The molecule has 1 aliphatic heterocycles.